The molecule has 1 aliphatic rings. The first-order chi connectivity index (χ1) is 9.76. The van der Waals surface area contributed by atoms with Gasteiger partial charge in [-0.05, 0) is 26.2 Å². The lowest BCUT2D eigenvalue weighted by atomic mass is 10.2. The summed E-state index contributed by atoms with van der Waals surface area (Å²) in [5.74, 6) is 0.834. The number of hydrogen-bond donors (Lipinski definition) is 3. The number of rotatable bonds is 8. The van der Waals surface area contributed by atoms with E-state index in [2.05, 4.69) is 20.9 Å². The van der Waals surface area contributed by atoms with Crippen LogP contribution in [0.1, 0.15) is 39.5 Å². The fraction of sp³-hybridized carbons (Fsp3) is 0.857. The van der Waals surface area contributed by atoms with E-state index in [0.717, 1.165) is 44.9 Å². The smallest absolute Gasteiger partial charge is 0.221 e. The van der Waals surface area contributed by atoms with Crippen molar-refractivity contribution in [1.29, 1.82) is 0 Å². The summed E-state index contributed by atoms with van der Waals surface area (Å²) in [5, 5.41) is 9.21. The second-order valence-corrected chi connectivity index (χ2v) is 4.88. The van der Waals surface area contributed by atoms with E-state index >= 15 is 0 Å². The number of ether oxygens (including phenoxy) is 1. The zero-order chi connectivity index (χ0) is 14.6. The van der Waals surface area contributed by atoms with Gasteiger partial charge in [0.05, 0.1) is 12.6 Å². The Morgan fingerprint density at radius 2 is 2.10 bits per heavy atom. The van der Waals surface area contributed by atoms with Gasteiger partial charge in [-0.15, -0.1) is 0 Å². The van der Waals surface area contributed by atoms with E-state index in [1.54, 1.807) is 0 Å². The van der Waals surface area contributed by atoms with Gasteiger partial charge >= 0.3 is 0 Å². The highest BCUT2D eigenvalue weighted by molar-refractivity contribution is 5.81. The summed E-state index contributed by atoms with van der Waals surface area (Å²) in [5.41, 5.74) is 0. The molecule has 0 aromatic heterocycles. The number of hydrogen-bond acceptors (Lipinski definition) is 3. The van der Waals surface area contributed by atoms with Crippen molar-refractivity contribution in [3.05, 3.63) is 0 Å². The predicted octanol–water partition coefficient (Wildman–Crippen LogP) is 0.637. The van der Waals surface area contributed by atoms with Crippen molar-refractivity contribution in [3.8, 4) is 0 Å². The van der Waals surface area contributed by atoms with Crippen LogP contribution in [0.3, 0.4) is 0 Å². The Labute approximate surface area is 121 Å². The Morgan fingerprint density at radius 3 is 2.75 bits per heavy atom. The van der Waals surface area contributed by atoms with Crippen molar-refractivity contribution in [2.75, 3.05) is 32.8 Å². The second-order valence-electron chi connectivity index (χ2n) is 4.88. The molecule has 0 radical (unpaired) electrons. The SMILES string of the molecule is CCCNC(=O)CCNC(=NCC1CCCO1)NCC. The summed E-state index contributed by atoms with van der Waals surface area (Å²) in [6, 6.07) is 0. The first-order valence-corrected chi connectivity index (χ1v) is 7.66. The quantitative estimate of drug-likeness (QED) is 0.451. The lowest BCUT2D eigenvalue weighted by Crippen LogP contribution is -2.39. The molecule has 116 valence electrons. The van der Waals surface area contributed by atoms with Crippen LogP contribution in [0.25, 0.3) is 0 Å². The molecule has 1 atom stereocenters. The van der Waals surface area contributed by atoms with Gasteiger partial charge in [0, 0.05) is 32.7 Å². The first-order valence-electron chi connectivity index (χ1n) is 7.66. The Bertz CT molecular complexity index is 302. The zero-order valence-electron chi connectivity index (χ0n) is 12.7. The molecule has 0 aromatic carbocycles. The predicted molar refractivity (Wildman–Crippen MR) is 80.9 cm³/mol. The summed E-state index contributed by atoms with van der Waals surface area (Å²) < 4.78 is 5.54. The molecule has 20 heavy (non-hydrogen) atoms. The van der Waals surface area contributed by atoms with Gasteiger partial charge in [0.25, 0.3) is 0 Å². The van der Waals surface area contributed by atoms with E-state index < -0.39 is 0 Å². The van der Waals surface area contributed by atoms with E-state index in [1.165, 1.54) is 0 Å². The first kappa shape index (κ1) is 16.8. The van der Waals surface area contributed by atoms with Gasteiger partial charge in [-0.2, -0.15) is 0 Å². The van der Waals surface area contributed by atoms with E-state index in [0.29, 0.717) is 19.5 Å². The number of carbonyl (C=O) groups excluding carboxylic acids is 1. The third-order valence-electron chi connectivity index (χ3n) is 3.04. The van der Waals surface area contributed by atoms with Gasteiger partial charge in [0.15, 0.2) is 5.96 Å². The molecule has 0 bridgehead atoms. The van der Waals surface area contributed by atoms with Crippen LogP contribution >= 0.6 is 0 Å². The van der Waals surface area contributed by atoms with Crippen LogP contribution in [0.4, 0.5) is 0 Å². The maximum atomic E-state index is 11.5. The van der Waals surface area contributed by atoms with Gasteiger partial charge in [-0.25, -0.2) is 0 Å². The molecule has 0 aromatic rings. The maximum absolute atomic E-state index is 11.5. The van der Waals surface area contributed by atoms with Crippen LogP contribution in [-0.4, -0.2) is 50.8 Å². The molecule has 1 rings (SSSR count). The van der Waals surface area contributed by atoms with Crippen molar-refractivity contribution in [2.45, 2.75) is 45.6 Å². The number of guanidine groups is 1. The second kappa shape index (κ2) is 10.5. The monoisotopic (exact) mass is 284 g/mol. The molecule has 1 fully saturated rings. The molecule has 1 heterocycles. The lowest BCUT2D eigenvalue weighted by molar-refractivity contribution is -0.120. The molecule has 3 N–H and O–H groups in total. The molecule has 1 amide bonds. The average Bonchev–Trinajstić information content (AvgIpc) is 2.95. The van der Waals surface area contributed by atoms with Crippen LogP contribution in [0.2, 0.25) is 0 Å². The van der Waals surface area contributed by atoms with Gasteiger partial charge in [0.1, 0.15) is 0 Å². The van der Waals surface area contributed by atoms with Crippen LogP contribution < -0.4 is 16.0 Å². The molecule has 6 nitrogen and oxygen atoms in total. The maximum Gasteiger partial charge on any atom is 0.221 e. The molecule has 0 spiro atoms. The lowest BCUT2D eigenvalue weighted by Gasteiger charge is -2.12. The number of carbonyl (C=O) groups is 1. The molecule has 6 heteroatoms. The van der Waals surface area contributed by atoms with Crippen molar-refractivity contribution in [1.82, 2.24) is 16.0 Å². The van der Waals surface area contributed by atoms with Crippen molar-refractivity contribution in [2.24, 2.45) is 4.99 Å². The molecule has 1 aliphatic heterocycles. The summed E-state index contributed by atoms with van der Waals surface area (Å²) >= 11 is 0. The molecule has 0 saturated carbocycles. The minimum absolute atomic E-state index is 0.0781. The summed E-state index contributed by atoms with van der Waals surface area (Å²) in [7, 11) is 0. The Hall–Kier alpha value is -1.30. The van der Waals surface area contributed by atoms with Crippen LogP contribution in [-0.2, 0) is 9.53 Å². The van der Waals surface area contributed by atoms with Crippen LogP contribution in [0.15, 0.2) is 4.99 Å². The molecule has 1 unspecified atom stereocenters. The highest BCUT2D eigenvalue weighted by atomic mass is 16.5. The average molecular weight is 284 g/mol. The van der Waals surface area contributed by atoms with Crippen molar-refractivity contribution in [3.63, 3.8) is 0 Å². The Balaban J connectivity index is 2.23. The summed E-state index contributed by atoms with van der Waals surface area (Å²) in [6.07, 6.45) is 3.89. The molecular weight excluding hydrogens is 256 g/mol. The van der Waals surface area contributed by atoms with Gasteiger partial charge in [-0.1, -0.05) is 6.92 Å². The van der Waals surface area contributed by atoms with Gasteiger partial charge in [-0.3, -0.25) is 9.79 Å². The largest absolute Gasteiger partial charge is 0.376 e. The highest BCUT2D eigenvalue weighted by Gasteiger charge is 2.14. The van der Waals surface area contributed by atoms with E-state index in [1.807, 2.05) is 13.8 Å². The van der Waals surface area contributed by atoms with Gasteiger partial charge < -0.3 is 20.7 Å². The molecule has 0 aliphatic carbocycles. The summed E-state index contributed by atoms with van der Waals surface area (Å²) in [4.78, 5) is 16.0. The van der Waals surface area contributed by atoms with E-state index in [4.69, 9.17) is 4.74 Å². The fourth-order valence-corrected chi connectivity index (χ4v) is 1.97. The fourth-order valence-electron chi connectivity index (χ4n) is 1.97. The topological polar surface area (TPSA) is 74.8 Å². The number of aliphatic imine (C=N–C) groups is 1. The third-order valence-corrected chi connectivity index (χ3v) is 3.04. The number of amides is 1. The van der Waals surface area contributed by atoms with Crippen molar-refractivity contribution < 1.29 is 9.53 Å². The van der Waals surface area contributed by atoms with E-state index in [9.17, 15) is 4.79 Å². The van der Waals surface area contributed by atoms with Crippen LogP contribution in [0.5, 0.6) is 0 Å². The highest BCUT2D eigenvalue weighted by Crippen LogP contribution is 2.11. The summed E-state index contributed by atoms with van der Waals surface area (Å²) in [6.45, 7) is 7.73. The zero-order valence-corrected chi connectivity index (χ0v) is 12.7. The third kappa shape index (κ3) is 7.33. The normalized spacial score (nSPS) is 18.9. The standard InChI is InChI=1S/C14H28N4O2/c1-3-8-16-13(19)7-9-17-14(15-4-2)18-11-12-6-5-10-20-12/h12H,3-11H2,1-2H3,(H,16,19)(H2,15,17,18). The number of nitrogens with one attached hydrogen (secondary N) is 3. The molecular formula is C14H28N4O2. The molecule has 1 saturated heterocycles. The van der Waals surface area contributed by atoms with Crippen LogP contribution in [0, 0.1) is 0 Å². The van der Waals surface area contributed by atoms with E-state index in [-0.39, 0.29) is 12.0 Å². The Morgan fingerprint density at radius 1 is 1.25 bits per heavy atom. The van der Waals surface area contributed by atoms with Crippen molar-refractivity contribution >= 4 is 11.9 Å². The minimum Gasteiger partial charge on any atom is -0.376 e. The Kier molecular flexibility index (Phi) is 8.78. The van der Waals surface area contributed by atoms with Gasteiger partial charge in [0.2, 0.25) is 5.91 Å². The minimum atomic E-state index is 0.0781. The number of nitrogens with zero attached hydrogens (tertiary/aromatic N) is 1.